The summed E-state index contributed by atoms with van der Waals surface area (Å²) in [6.45, 7) is 8.52. The first-order valence-electron chi connectivity index (χ1n) is 7.95. The van der Waals surface area contributed by atoms with Crippen LogP contribution in [0.3, 0.4) is 0 Å². The number of rotatable bonds is 5. The lowest BCUT2D eigenvalue weighted by Gasteiger charge is -2.26. The number of hydrogen-bond acceptors (Lipinski definition) is 3. The van der Waals surface area contributed by atoms with Gasteiger partial charge in [0.15, 0.2) is 0 Å². The minimum Gasteiger partial charge on any atom is -0.447 e. The highest BCUT2D eigenvalue weighted by Gasteiger charge is 2.40. The second kappa shape index (κ2) is 6.95. The van der Waals surface area contributed by atoms with Gasteiger partial charge >= 0.3 is 6.09 Å². The fourth-order valence-corrected chi connectivity index (χ4v) is 2.94. The molecular formula is C18H25NO3. The van der Waals surface area contributed by atoms with Crippen LogP contribution in [0.1, 0.15) is 45.6 Å². The van der Waals surface area contributed by atoms with Crippen LogP contribution in [0.2, 0.25) is 0 Å². The molecule has 1 aromatic rings. The summed E-state index contributed by atoms with van der Waals surface area (Å²) in [5.41, 5.74) is 1.14. The predicted molar refractivity (Wildman–Crippen MR) is 85.5 cm³/mol. The summed E-state index contributed by atoms with van der Waals surface area (Å²) in [4.78, 5) is 25.9. The van der Waals surface area contributed by atoms with Crippen molar-refractivity contribution in [2.24, 2.45) is 11.8 Å². The van der Waals surface area contributed by atoms with E-state index in [0.717, 1.165) is 5.56 Å². The Kier molecular flexibility index (Phi) is 5.22. The van der Waals surface area contributed by atoms with E-state index in [-0.39, 0.29) is 23.8 Å². The molecule has 2 rings (SSSR count). The van der Waals surface area contributed by atoms with Gasteiger partial charge in [0, 0.05) is 6.42 Å². The van der Waals surface area contributed by atoms with Crippen molar-refractivity contribution in [1.29, 1.82) is 0 Å². The minimum atomic E-state index is -0.501. The van der Waals surface area contributed by atoms with Crippen molar-refractivity contribution in [2.45, 2.75) is 46.1 Å². The molecule has 1 aliphatic heterocycles. The zero-order chi connectivity index (χ0) is 16.3. The van der Waals surface area contributed by atoms with Gasteiger partial charge in [-0.05, 0) is 23.3 Å². The van der Waals surface area contributed by atoms with Crippen molar-refractivity contribution in [2.75, 3.05) is 6.61 Å². The van der Waals surface area contributed by atoms with E-state index in [9.17, 15) is 9.59 Å². The van der Waals surface area contributed by atoms with Gasteiger partial charge in [0.2, 0.25) is 5.91 Å². The number of hydrogen-bond donors (Lipinski definition) is 0. The summed E-state index contributed by atoms with van der Waals surface area (Å²) >= 11 is 0. The summed E-state index contributed by atoms with van der Waals surface area (Å²) in [7, 11) is 0. The van der Waals surface area contributed by atoms with Crippen LogP contribution < -0.4 is 0 Å². The molecule has 0 aromatic heterocycles. The maximum Gasteiger partial charge on any atom is 0.416 e. The first kappa shape index (κ1) is 16.5. The van der Waals surface area contributed by atoms with E-state index >= 15 is 0 Å². The molecular weight excluding hydrogens is 278 g/mol. The van der Waals surface area contributed by atoms with Crippen LogP contribution in [0.25, 0.3) is 0 Å². The van der Waals surface area contributed by atoms with Crippen LogP contribution in [0.15, 0.2) is 30.3 Å². The SMILES string of the molecule is CC(C)C(CC(=O)N1C(=O)OC[C@H]1C(C)C)c1ccccc1. The second-order valence-corrected chi connectivity index (χ2v) is 6.62. The second-order valence-electron chi connectivity index (χ2n) is 6.62. The molecule has 0 spiro atoms. The van der Waals surface area contributed by atoms with Crippen molar-refractivity contribution in [1.82, 2.24) is 4.90 Å². The first-order chi connectivity index (χ1) is 10.4. The highest BCUT2D eigenvalue weighted by molar-refractivity contribution is 5.94. The van der Waals surface area contributed by atoms with Crippen LogP contribution in [0, 0.1) is 11.8 Å². The minimum absolute atomic E-state index is 0.106. The number of benzene rings is 1. The van der Waals surface area contributed by atoms with Gasteiger partial charge in [-0.15, -0.1) is 0 Å². The van der Waals surface area contributed by atoms with E-state index < -0.39 is 6.09 Å². The van der Waals surface area contributed by atoms with E-state index in [0.29, 0.717) is 18.9 Å². The fourth-order valence-electron chi connectivity index (χ4n) is 2.94. The molecule has 0 bridgehead atoms. The molecule has 22 heavy (non-hydrogen) atoms. The standard InChI is InChI=1S/C18H25NO3/c1-12(2)15(14-8-6-5-7-9-14)10-17(20)19-16(13(3)4)11-22-18(19)21/h5-9,12-13,15-16H,10-11H2,1-4H3/t15?,16-/m0/s1. The van der Waals surface area contributed by atoms with Crippen molar-refractivity contribution in [3.63, 3.8) is 0 Å². The summed E-state index contributed by atoms with van der Waals surface area (Å²) in [5.74, 6) is 0.491. The van der Waals surface area contributed by atoms with Gasteiger partial charge < -0.3 is 4.74 Å². The van der Waals surface area contributed by atoms with E-state index in [1.165, 1.54) is 4.90 Å². The Morgan fingerprint density at radius 2 is 1.86 bits per heavy atom. The zero-order valence-electron chi connectivity index (χ0n) is 13.8. The third kappa shape index (κ3) is 3.49. The number of imide groups is 1. The number of amides is 2. The van der Waals surface area contributed by atoms with E-state index in [4.69, 9.17) is 4.74 Å². The average molecular weight is 303 g/mol. The molecule has 4 heteroatoms. The summed E-state index contributed by atoms with van der Waals surface area (Å²) in [6.07, 6.45) is -0.167. The lowest BCUT2D eigenvalue weighted by Crippen LogP contribution is -2.42. The molecule has 1 heterocycles. The van der Waals surface area contributed by atoms with Gasteiger partial charge in [-0.3, -0.25) is 4.79 Å². The molecule has 0 radical (unpaired) electrons. The van der Waals surface area contributed by atoms with Crippen molar-refractivity contribution >= 4 is 12.0 Å². The van der Waals surface area contributed by atoms with E-state index in [1.54, 1.807) is 0 Å². The molecule has 120 valence electrons. The van der Waals surface area contributed by atoms with Crippen molar-refractivity contribution in [3.05, 3.63) is 35.9 Å². The molecule has 0 aliphatic carbocycles. The number of carbonyl (C=O) groups is 2. The fraction of sp³-hybridized carbons (Fsp3) is 0.556. The molecule has 1 saturated heterocycles. The molecule has 1 unspecified atom stereocenters. The lowest BCUT2D eigenvalue weighted by atomic mass is 9.85. The molecule has 1 fully saturated rings. The highest BCUT2D eigenvalue weighted by Crippen LogP contribution is 2.30. The average Bonchev–Trinajstić information content (AvgIpc) is 2.87. The monoisotopic (exact) mass is 303 g/mol. The van der Waals surface area contributed by atoms with Gasteiger partial charge in [-0.2, -0.15) is 0 Å². The van der Waals surface area contributed by atoms with Crippen LogP contribution >= 0.6 is 0 Å². The van der Waals surface area contributed by atoms with Crippen LogP contribution in [0.5, 0.6) is 0 Å². The van der Waals surface area contributed by atoms with E-state index in [1.807, 2.05) is 44.2 Å². The molecule has 1 aliphatic rings. The topological polar surface area (TPSA) is 46.6 Å². The summed E-state index contributed by atoms with van der Waals surface area (Å²) in [5, 5.41) is 0. The Bertz CT molecular complexity index is 524. The van der Waals surface area contributed by atoms with Crippen molar-refractivity contribution in [3.8, 4) is 0 Å². The maximum atomic E-state index is 12.7. The number of ether oxygens (including phenoxy) is 1. The highest BCUT2D eigenvalue weighted by atomic mass is 16.6. The van der Waals surface area contributed by atoms with Crippen LogP contribution in [-0.4, -0.2) is 29.5 Å². The number of carbonyl (C=O) groups excluding carboxylic acids is 2. The normalized spacial score (nSPS) is 19.6. The van der Waals surface area contributed by atoms with E-state index in [2.05, 4.69) is 13.8 Å². The Morgan fingerprint density at radius 3 is 2.41 bits per heavy atom. The largest absolute Gasteiger partial charge is 0.447 e. The molecule has 0 saturated carbocycles. The third-order valence-corrected chi connectivity index (χ3v) is 4.37. The first-order valence-corrected chi connectivity index (χ1v) is 7.95. The third-order valence-electron chi connectivity index (χ3n) is 4.37. The molecule has 4 nitrogen and oxygen atoms in total. The Labute approximate surface area is 132 Å². The Hall–Kier alpha value is -1.84. The Balaban J connectivity index is 2.16. The lowest BCUT2D eigenvalue weighted by molar-refractivity contribution is -0.130. The van der Waals surface area contributed by atoms with Crippen LogP contribution in [0.4, 0.5) is 4.79 Å². The van der Waals surface area contributed by atoms with Gasteiger partial charge in [0.1, 0.15) is 6.61 Å². The number of nitrogens with zero attached hydrogens (tertiary/aromatic N) is 1. The molecule has 2 amide bonds. The van der Waals surface area contributed by atoms with Gasteiger partial charge in [0.05, 0.1) is 6.04 Å². The zero-order valence-corrected chi connectivity index (χ0v) is 13.8. The summed E-state index contributed by atoms with van der Waals surface area (Å²) in [6, 6.07) is 9.87. The van der Waals surface area contributed by atoms with Crippen LogP contribution in [-0.2, 0) is 9.53 Å². The molecule has 1 aromatic carbocycles. The smallest absolute Gasteiger partial charge is 0.416 e. The summed E-state index contributed by atoms with van der Waals surface area (Å²) < 4.78 is 5.07. The molecule has 0 N–H and O–H groups in total. The predicted octanol–water partition coefficient (Wildman–Crippen LogP) is 3.82. The van der Waals surface area contributed by atoms with Gasteiger partial charge in [-0.1, -0.05) is 58.0 Å². The Morgan fingerprint density at radius 1 is 1.23 bits per heavy atom. The number of cyclic esters (lactones) is 1. The maximum absolute atomic E-state index is 12.7. The van der Waals surface area contributed by atoms with Crippen molar-refractivity contribution < 1.29 is 14.3 Å². The quantitative estimate of drug-likeness (QED) is 0.830. The van der Waals surface area contributed by atoms with Gasteiger partial charge in [0.25, 0.3) is 0 Å². The molecule has 2 atom stereocenters. The van der Waals surface area contributed by atoms with Gasteiger partial charge in [-0.25, -0.2) is 9.69 Å².